The number of hydrogen-bond donors (Lipinski definition) is 2. The maximum atomic E-state index is 12.2. The van der Waals surface area contributed by atoms with Crippen LogP contribution in [0.5, 0.6) is 11.5 Å². The van der Waals surface area contributed by atoms with E-state index in [9.17, 15) is 23.1 Å². The van der Waals surface area contributed by atoms with Gasteiger partial charge in [-0.25, -0.2) is 0 Å². The summed E-state index contributed by atoms with van der Waals surface area (Å²) in [6.07, 6.45) is -5.83. The molecule has 1 amide bonds. The second-order valence-corrected chi connectivity index (χ2v) is 7.23. The van der Waals surface area contributed by atoms with E-state index < -0.39 is 17.7 Å². The summed E-state index contributed by atoms with van der Waals surface area (Å²) < 4.78 is 45.3. The molecule has 0 aromatic heterocycles. The molecule has 0 saturated carbocycles. The van der Waals surface area contributed by atoms with Crippen LogP contribution in [0.1, 0.15) is 18.6 Å². The lowest BCUT2D eigenvalue weighted by molar-refractivity contribution is -0.274. The number of alkyl halides is 3. The Kier molecular flexibility index (Phi) is 7.59. The fourth-order valence-electron chi connectivity index (χ4n) is 2.26. The fourth-order valence-corrected chi connectivity index (χ4v) is 3.15. The molecular formula is C19H20F3NO4S. The van der Waals surface area contributed by atoms with E-state index in [0.717, 1.165) is 22.8 Å². The molecular weight excluding hydrogens is 395 g/mol. The number of rotatable bonds is 8. The predicted molar refractivity (Wildman–Crippen MR) is 99.4 cm³/mol. The fraction of sp³-hybridized carbons (Fsp3) is 0.316. The summed E-state index contributed by atoms with van der Waals surface area (Å²) in [4.78, 5) is 13.1. The van der Waals surface area contributed by atoms with Crippen molar-refractivity contribution in [2.45, 2.75) is 29.5 Å². The molecule has 152 valence electrons. The summed E-state index contributed by atoms with van der Waals surface area (Å²) in [5, 5.41) is 12.4. The molecule has 0 spiro atoms. The minimum atomic E-state index is -4.77. The number of aliphatic hydroxyl groups excluding tert-OH is 1. The first-order valence-corrected chi connectivity index (χ1v) is 9.18. The number of nitrogens with one attached hydrogen (secondary N) is 1. The molecule has 9 heteroatoms. The maximum absolute atomic E-state index is 12.2. The van der Waals surface area contributed by atoms with Gasteiger partial charge in [-0.2, -0.15) is 0 Å². The van der Waals surface area contributed by atoms with Crippen LogP contribution in [0.15, 0.2) is 53.4 Å². The Bertz CT molecular complexity index is 766. The third-order valence-corrected chi connectivity index (χ3v) is 4.82. The second-order valence-electron chi connectivity index (χ2n) is 5.81. The van der Waals surface area contributed by atoms with Gasteiger partial charge in [0.25, 0.3) is 0 Å². The average Bonchev–Trinajstić information content (AvgIpc) is 2.65. The number of benzene rings is 2. The highest BCUT2D eigenvalue weighted by atomic mass is 32.2. The number of carbonyl (C=O) groups is 1. The van der Waals surface area contributed by atoms with E-state index in [1.54, 1.807) is 26.2 Å². The van der Waals surface area contributed by atoms with E-state index in [1.165, 1.54) is 23.9 Å². The average molecular weight is 415 g/mol. The van der Waals surface area contributed by atoms with E-state index in [-0.39, 0.29) is 18.2 Å². The van der Waals surface area contributed by atoms with Crippen molar-refractivity contribution in [1.82, 2.24) is 5.32 Å². The SMILES string of the molecule is COc1ccc(SC(C)C(=O)NCC(O)c2ccc(OC(F)(F)F)cc2)cc1. The first-order chi connectivity index (χ1) is 13.2. The molecule has 0 heterocycles. The highest BCUT2D eigenvalue weighted by molar-refractivity contribution is 8.00. The molecule has 0 fully saturated rings. The first-order valence-electron chi connectivity index (χ1n) is 8.30. The number of thioether (sulfide) groups is 1. The van der Waals surface area contributed by atoms with Crippen LogP contribution in [0.4, 0.5) is 13.2 Å². The molecule has 0 aliphatic rings. The van der Waals surface area contributed by atoms with Gasteiger partial charge in [-0.05, 0) is 48.9 Å². The molecule has 28 heavy (non-hydrogen) atoms. The molecule has 2 N–H and O–H groups in total. The van der Waals surface area contributed by atoms with Gasteiger partial charge in [-0.3, -0.25) is 4.79 Å². The number of hydrogen-bond acceptors (Lipinski definition) is 5. The zero-order chi connectivity index (χ0) is 20.7. The molecule has 0 radical (unpaired) electrons. The molecule has 2 rings (SSSR count). The Labute approximate surface area is 164 Å². The molecule has 0 aliphatic heterocycles. The van der Waals surface area contributed by atoms with Gasteiger partial charge >= 0.3 is 6.36 Å². The van der Waals surface area contributed by atoms with Gasteiger partial charge in [0, 0.05) is 11.4 Å². The van der Waals surface area contributed by atoms with Crippen molar-refractivity contribution in [1.29, 1.82) is 0 Å². The second kappa shape index (κ2) is 9.70. The monoisotopic (exact) mass is 415 g/mol. The summed E-state index contributed by atoms with van der Waals surface area (Å²) in [6.45, 7) is 1.67. The van der Waals surface area contributed by atoms with Crippen molar-refractivity contribution < 1.29 is 32.5 Å². The van der Waals surface area contributed by atoms with E-state index in [4.69, 9.17) is 4.74 Å². The normalized spacial score (nSPS) is 13.5. The summed E-state index contributed by atoms with van der Waals surface area (Å²) in [5.41, 5.74) is 0.366. The van der Waals surface area contributed by atoms with Crippen molar-refractivity contribution in [3.8, 4) is 11.5 Å². The lowest BCUT2D eigenvalue weighted by atomic mass is 10.1. The van der Waals surface area contributed by atoms with Crippen LogP contribution in [-0.4, -0.2) is 36.3 Å². The van der Waals surface area contributed by atoms with Crippen molar-refractivity contribution >= 4 is 17.7 Å². The van der Waals surface area contributed by atoms with Gasteiger partial charge in [0.1, 0.15) is 11.5 Å². The third-order valence-electron chi connectivity index (χ3n) is 3.71. The molecule has 2 atom stereocenters. The van der Waals surface area contributed by atoms with Crippen LogP contribution in [0.25, 0.3) is 0 Å². The van der Waals surface area contributed by atoms with Crippen LogP contribution >= 0.6 is 11.8 Å². The number of halogens is 3. The minimum Gasteiger partial charge on any atom is -0.497 e. The molecule has 2 aromatic carbocycles. The molecule has 0 saturated heterocycles. The van der Waals surface area contributed by atoms with Crippen LogP contribution in [0.3, 0.4) is 0 Å². The van der Waals surface area contributed by atoms with Crippen LogP contribution in [0, 0.1) is 0 Å². The third kappa shape index (κ3) is 6.97. The van der Waals surface area contributed by atoms with E-state index >= 15 is 0 Å². The van der Waals surface area contributed by atoms with Crippen molar-refractivity contribution in [3.63, 3.8) is 0 Å². The largest absolute Gasteiger partial charge is 0.573 e. The van der Waals surface area contributed by atoms with Crippen molar-refractivity contribution in [3.05, 3.63) is 54.1 Å². The summed E-state index contributed by atoms with van der Waals surface area (Å²) in [6, 6.07) is 12.1. The van der Waals surface area contributed by atoms with Crippen LogP contribution in [0.2, 0.25) is 0 Å². The molecule has 0 aliphatic carbocycles. The Morgan fingerprint density at radius 3 is 2.21 bits per heavy atom. The quantitative estimate of drug-likeness (QED) is 0.640. The van der Waals surface area contributed by atoms with Gasteiger partial charge in [-0.15, -0.1) is 24.9 Å². The molecule has 0 bridgehead atoms. The number of aliphatic hydroxyl groups is 1. The highest BCUT2D eigenvalue weighted by Gasteiger charge is 2.31. The zero-order valence-corrected chi connectivity index (χ0v) is 16.0. The van der Waals surface area contributed by atoms with Crippen molar-refractivity contribution in [2.75, 3.05) is 13.7 Å². The molecule has 5 nitrogen and oxygen atoms in total. The van der Waals surface area contributed by atoms with Crippen LogP contribution < -0.4 is 14.8 Å². The van der Waals surface area contributed by atoms with Gasteiger partial charge in [0.15, 0.2) is 0 Å². The maximum Gasteiger partial charge on any atom is 0.573 e. The number of methoxy groups -OCH3 is 1. The van der Waals surface area contributed by atoms with E-state index in [2.05, 4.69) is 10.1 Å². The first kappa shape index (κ1) is 21.9. The standard InChI is InChI=1S/C19H20F3NO4S/c1-12(28-16-9-7-14(26-2)8-10-16)18(25)23-11-17(24)13-3-5-15(6-4-13)27-19(20,21)22/h3-10,12,17,24H,11H2,1-2H3,(H,23,25). The van der Waals surface area contributed by atoms with E-state index in [1.807, 2.05) is 12.1 Å². The zero-order valence-electron chi connectivity index (χ0n) is 15.2. The number of carbonyl (C=O) groups excluding carboxylic acids is 1. The smallest absolute Gasteiger partial charge is 0.497 e. The summed E-state index contributed by atoms with van der Waals surface area (Å²) in [7, 11) is 1.57. The summed E-state index contributed by atoms with van der Waals surface area (Å²) >= 11 is 1.35. The van der Waals surface area contributed by atoms with Crippen molar-refractivity contribution in [2.24, 2.45) is 0 Å². The van der Waals surface area contributed by atoms with Gasteiger partial charge in [0.05, 0.1) is 18.5 Å². The topological polar surface area (TPSA) is 67.8 Å². The minimum absolute atomic E-state index is 0.0637. The Morgan fingerprint density at radius 2 is 1.68 bits per heavy atom. The van der Waals surface area contributed by atoms with E-state index in [0.29, 0.717) is 5.56 Å². The lowest BCUT2D eigenvalue weighted by Crippen LogP contribution is -2.34. The highest BCUT2D eigenvalue weighted by Crippen LogP contribution is 2.26. The Morgan fingerprint density at radius 1 is 1.11 bits per heavy atom. The Hall–Kier alpha value is -2.39. The number of ether oxygens (including phenoxy) is 2. The molecule has 2 aromatic rings. The Balaban J connectivity index is 1.83. The van der Waals surface area contributed by atoms with Gasteiger partial charge < -0.3 is 19.9 Å². The predicted octanol–water partition coefficient (Wildman–Crippen LogP) is 3.92. The lowest BCUT2D eigenvalue weighted by Gasteiger charge is -2.16. The van der Waals surface area contributed by atoms with Gasteiger partial charge in [0.2, 0.25) is 5.91 Å². The van der Waals surface area contributed by atoms with Crippen LogP contribution in [-0.2, 0) is 4.79 Å². The molecule has 2 unspecified atom stereocenters. The van der Waals surface area contributed by atoms with Gasteiger partial charge in [-0.1, -0.05) is 12.1 Å². The number of amides is 1. The summed E-state index contributed by atoms with van der Waals surface area (Å²) in [5.74, 6) is 0.0742.